The van der Waals surface area contributed by atoms with Crippen molar-refractivity contribution in [1.82, 2.24) is 0 Å². The van der Waals surface area contributed by atoms with Crippen LogP contribution in [0.25, 0.3) is 0 Å². The largest absolute Gasteiger partial charge is 0.481 e. The second-order valence-corrected chi connectivity index (χ2v) is 7.98. The number of carboxylic acid groups (broad SMARTS) is 1. The van der Waals surface area contributed by atoms with Gasteiger partial charge in [-0.2, -0.15) is 0 Å². The van der Waals surface area contributed by atoms with E-state index in [0.717, 1.165) is 57.8 Å². The van der Waals surface area contributed by atoms with Gasteiger partial charge >= 0.3 is 5.97 Å². The molecule has 6 atom stereocenters. The molecule has 0 spiro atoms. The fraction of sp³-hybridized carbons (Fsp3) is 0.941. The highest BCUT2D eigenvalue weighted by Crippen LogP contribution is 2.64. The van der Waals surface area contributed by atoms with Crippen molar-refractivity contribution < 1.29 is 24.1 Å². The van der Waals surface area contributed by atoms with Gasteiger partial charge in [-0.15, -0.1) is 0 Å². The SMILES string of the molecule is O=C(O)C1(C2(CC3CCC4OC4C3)OC3OC32)CCCCC1. The molecule has 5 nitrogen and oxygen atoms in total. The number of epoxide rings is 2. The molecule has 5 fully saturated rings. The molecule has 3 aliphatic heterocycles. The van der Waals surface area contributed by atoms with Gasteiger partial charge in [0, 0.05) is 0 Å². The first kappa shape index (κ1) is 13.8. The topological polar surface area (TPSA) is 71.6 Å². The Kier molecular flexibility index (Phi) is 2.79. The van der Waals surface area contributed by atoms with Crippen LogP contribution >= 0.6 is 0 Å². The summed E-state index contributed by atoms with van der Waals surface area (Å²) in [5.74, 6) is -0.149. The molecule has 2 saturated carbocycles. The number of hydrogen-bond acceptors (Lipinski definition) is 4. The van der Waals surface area contributed by atoms with E-state index in [4.69, 9.17) is 14.2 Å². The zero-order chi connectivity index (χ0) is 14.9. The van der Waals surface area contributed by atoms with Crippen LogP contribution in [0.1, 0.15) is 57.8 Å². The van der Waals surface area contributed by atoms with Crippen molar-refractivity contribution in [2.45, 2.75) is 88.0 Å². The molecular weight excluding hydrogens is 284 g/mol. The maximum absolute atomic E-state index is 12.2. The van der Waals surface area contributed by atoms with Gasteiger partial charge in [-0.05, 0) is 44.4 Å². The van der Waals surface area contributed by atoms with E-state index in [2.05, 4.69) is 0 Å². The Morgan fingerprint density at radius 2 is 1.91 bits per heavy atom. The molecular formula is C17H24O5. The molecule has 0 aromatic rings. The molecule has 1 N–H and O–H groups in total. The van der Waals surface area contributed by atoms with Crippen LogP contribution in [0.5, 0.6) is 0 Å². The summed E-state index contributed by atoms with van der Waals surface area (Å²) in [6.07, 6.45) is 9.61. The lowest BCUT2D eigenvalue weighted by molar-refractivity contribution is -0.232. The minimum absolute atomic E-state index is 0.0274. The number of hydrogen-bond donors (Lipinski definition) is 1. The van der Waals surface area contributed by atoms with Crippen LogP contribution in [0.15, 0.2) is 0 Å². The van der Waals surface area contributed by atoms with Gasteiger partial charge in [0.2, 0.25) is 0 Å². The number of carboxylic acids is 1. The highest BCUT2D eigenvalue weighted by molar-refractivity contribution is 5.77. The molecule has 6 unspecified atom stereocenters. The molecule has 0 bridgehead atoms. The molecule has 5 aliphatic rings. The Morgan fingerprint density at radius 1 is 1.09 bits per heavy atom. The minimum Gasteiger partial charge on any atom is -0.481 e. The number of carbonyl (C=O) groups is 1. The van der Waals surface area contributed by atoms with Crippen LogP contribution < -0.4 is 0 Å². The summed E-state index contributed by atoms with van der Waals surface area (Å²) >= 11 is 0. The summed E-state index contributed by atoms with van der Waals surface area (Å²) in [4.78, 5) is 12.2. The van der Waals surface area contributed by atoms with Gasteiger partial charge in [-0.25, -0.2) is 0 Å². The van der Waals surface area contributed by atoms with Gasteiger partial charge in [0.15, 0.2) is 6.29 Å². The van der Waals surface area contributed by atoms with Gasteiger partial charge in [-0.3, -0.25) is 4.79 Å². The van der Waals surface area contributed by atoms with E-state index >= 15 is 0 Å². The highest BCUT2D eigenvalue weighted by Gasteiger charge is 2.78. The summed E-state index contributed by atoms with van der Waals surface area (Å²) in [7, 11) is 0. The smallest absolute Gasteiger partial charge is 0.312 e. The van der Waals surface area contributed by atoms with Crippen molar-refractivity contribution in [2.24, 2.45) is 11.3 Å². The number of fused-ring (bicyclic) bond motifs is 2. The summed E-state index contributed by atoms with van der Waals surface area (Å²) in [6.45, 7) is 0. The quantitative estimate of drug-likeness (QED) is 0.808. The van der Waals surface area contributed by atoms with Crippen LogP contribution in [-0.4, -0.2) is 41.3 Å². The third-order valence-corrected chi connectivity index (χ3v) is 6.87. The first-order valence-corrected chi connectivity index (χ1v) is 8.87. The molecule has 0 amide bonds. The second kappa shape index (κ2) is 4.46. The summed E-state index contributed by atoms with van der Waals surface area (Å²) in [5, 5.41) is 10.1. The first-order valence-electron chi connectivity index (χ1n) is 8.87. The number of rotatable bonds is 4. The van der Waals surface area contributed by atoms with Crippen molar-refractivity contribution in [2.75, 3.05) is 0 Å². The standard InChI is InChI=1S/C17H24O5/c18-15(19)16(6-2-1-3-7-16)17(13-14(21-13)22-17)9-10-4-5-11-12(8-10)20-11/h10-14H,1-9H2,(H,18,19). The van der Waals surface area contributed by atoms with Crippen molar-refractivity contribution in [3.05, 3.63) is 0 Å². The van der Waals surface area contributed by atoms with Crippen LogP contribution in [0.3, 0.4) is 0 Å². The minimum atomic E-state index is -0.732. The van der Waals surface area contributed by atoms with E-state index < -0.39 is 17.0 Å². The van der Waals surface area contributed by atoms with E-state index in [-0.39, 0.29) is 12.4 Å². The monoisotopic (exact) mass is 308 g/mol. The Labute approximate surface area is 130 Å². The van der Waals surface area contributed by atoms with Crippen LogP contribution in [0, 0.1) is 11.3 Å². The Morgan fingerprint density at radius 3 is 2.50 bits per heavy atom. The Bertz CT molecular complexity index is 499. The van der Waals surface area contributed by atoms with E-state index in [1.807, 2.05) is 0 Å². The van der Waals surface area contributed by atoms with E-state index in [1.165, 1.54) is 0 Å². The molecule has 2 aliphatic carbocycles. The lowest BCUT2D eigenvalue weighted by atomic mass is 9.57. The van der Waals surface area contributed by atoms with Gasteiger partial charge in [0.05, 0.1) is 17.6 Å². The van der Waals surface area contributed by atoms with Crippen molar-refractivity contribution >= 4 is 5.97 Å². The molecule has 0 radical (unpaired) electrons. The van der Waals surface area contributed by atoms with E-state index in [9.17, 15) is 9.90 Å². The maximum Gasteiger partial charge on any atom is 0.312 e. The molecule has 0 aromatic carbocycles. The van der Waals surface area contributed by atoms with Gasteiger partial charge in [0.1, 0.15) is 11.7 Å². The fourth-order valence-electron chi connectivity index (χ4n) is 5.54. The van der Waals surface area contributed by atoms with Crippen LogP contribution in [-0.2, 0) is 19.0 Å². The third kappa shape index (κ3) is 1.73. The summed E-state index contributed by atoms with van der Waals surface area (Å²) in [5.41, 5.74) is -1.31. The fourth-order valence-corrected chi connectivity index (χ4v) is 5.54. The van der Waals surface area contributed by atoms with Crippen molar-refractivity contribution in [3.8, 4) is 0 Å². The van der Waals surface area contributed by atoms with Crippen LogP contribution in [0.2, 0.25) is 0 Å². The summed E-state index contributed by atoms with van der Waals surface area (Å²) < 4.78 is 17.4. The number of ether oxygens (including phenoxy) is 3. The van der Waals surface area contributed by atoms with Crippen molar-refractivity contribution in [1.29, 1.82) is 0 Å². The zero-order valence-corrected chi connectivity index (χ0v) is 12.8. The lowest BCUT2D eigenvalue weighted by Crippen LogP contribution is -2.65. The van der Waals surface area contributed by atoms with Crippen molar-refractivity contribution in [3.63, 3.8) is 0 Å². The predicted octanol–water partition coefficient (Wildman–Crippen LogP) is 2.47. The zero-order valence-electron chi connectivity index (χ0n) is 12.8. The normalized spacial score (nSPS) is 51.2. The molecule has 5 rings (SSSR count). The molecule has 3 saturated heterocycles. The molecule has 0 aromatic heterocycles. The Balaban J connectivity index is 1.43. The Hall–Kier alpha value is -0.650. The first-order chi connectivity index (χ1) is 10.6. The van der Waals surface area contributed by atoms with Gasteiger partial charge in [0.25, 0.3) is 0 Å². The maximum atomic E-state index is 12.2. The molecule has 22 heavy (non-hydrogen) atoms. The van der Waals surface area contributed by atoms with Crippen LogP contribution in [0.4, 0.5) is 0 Å². The second-order valence-electron chi connectivity index (χ2n) is 7.98. The lowest BCUT2D eigenvalue weighted by Gasteiger charge is -2.53. The number of aliphatic carboxylic acids is 1. The van der Waals surface area contributed by atoms with E-state index in [0.29, 0.717) is 18.1 Å². The highest BCUT2D eigenvalue weighted by atomic mass is 16.8. The average Bonchev–Trinajstić information content (AvgIpc) is 3.40. The average molecular weight is 308 g/mol. The molecule has 122 valence electrons. The van der Waals surface area contributed by atoms with E-state index in [1.54, 1.807) is 0 Å². The predicted molar refractivity (Wildman–Crippen MR) is 76.2 cm³/mol. The summed E-state index contributed by atoms with van der Waals surface area (Å²) in [6, 6.07) is 0. The van der Waals surface area contributed by atoms with Gasteiger partial charge < -0.3 is 19.3 Å². The van der Waals surface area contributed by atoms with Gasteiger partial charge in [-0.1, -0.05) is 19.3 Å². The molecule has 5 heteroatoms. The molecule has 3 heterocycles. The third-order valence-electron chi connectivity index (χ3n) is 6.87.